The minimum Gasteiger partial charge on any atom is -0.357 e. The second-order valence-electron chi connectivity index (χ2n) is 5.36. The molecule has 7 heteroatoms. The van der Waals surface area contributed by atoms with Crippen molar-refractivity contribution in [1.82, 2.24) is 9.97 Å². The molecule has 3 heterocycles. The van der Waals surface area contributed by atoms with E-state index in [2.05, 4.69) is 20.2 Å². The molecule has 0 saturated carbocycles. The second-order valence-corrected chi connectivity index (χ2v) is 7.03. The molecule has 5 nitrogen and oxygen atoms in total. The minimum atomic E-state index is 0.0350. The Kier molecular flexibility index (Phi) is 4.59. The van der Waals surface area contributed by atoms with E-state index in [1.807, 2.05) is 19.1 Å². The summed E-state index contributed by atoms with van der Waals surface area (Å²) in [6, 6.07) is 3.76. The Morgan fingerprint density at radius 1 is 1.32 bits per heavy atom. The van der Waals surface area contributed by atoms with Gasteiger partial charge in [-0.15, -0.1) is 11.3 Å². The molecule has 2 aromatic heterocycles. The maximum atomic E-state index is 12.3. The number of carbonyl (C=O) groups is 1. The summed E-state index contributed by atoms with van der Waals surface area (Å²) in [6.45, 7) is 3.62. The predicted molar refractivity (Wildman–Crippen MR) is 89.7 cm³/mol. The van der Waals surface area contributed by atoms with Crippen LogP contribution >= 0.6 is 22.9 Å². The first-order valence-electron chi connectivity index (χ1n) is 7.21. The van der Waals surface area contributed by atoms with E-state index in [0.29, 0.717) is 10.2 Å². The zero-order valence-electron chi connectivity index (χ0n) is 12.3. The van der Waals surface area contributed by atoms with Gasteiger partial charge in [-0.2, -0.15) is 0 Å². The molecule has 0 bridgehead atoms. The van der Waals surface area contributed by atoms with E-state index < -0.39 is 0 Å². The topological polar surface area (TPSA) is 58.1 Å². The molecule has 1 amide bonds. The predicted octanol–water partition coefficient (Wildman–Crippen LogP) is 3.36. The van der Waals surface area contributed by atoms with Crippen LogP contribution in [0.2, 0.25) is 5.02 Å². The molecule has 1 fully saturated rings. The van der Waals surface area contributed by atoms with Gasteiger partial charge in [0.1, 0.15) is 5.82 Å². The number of hydrogen-bond acceptors (Lipinski definition) is 5. The highest BCUT2D eigenvalue weighted by molar-refractivity contribution is 7.15. The molecule has 22 heavy (non-hydrogen) atoms. The third-order valence-electron chi connectivity index (χ3n) is 3.75. The number of nitrogens with zero attached hydrogens (tertiary/aromatic N) is 3. The fourth-order valence-electron chi connectivity index (χ4n) is 2.55. The Hall–Kier alpha value is -1.66. The molecule has 0 spiro atoms. The van der Waals surface area contributed by atoms with Gasteiger partial charge < -0.3 is 10.2 Å². The van der Waals surface area contributed by atoms with Crippen molar-refractivity contribution in [2.24, 2.45) is 5.92 Å². The van der Waals surface area contributed by atoms with Crippen LogP contribution in [0.4, 0.5) is 10.9 Å². The molecule has 3 rings (SSSR count). The number of rotatable bonds is 3. The number of anilines is 2. The van der Waals surface area contributed by atoms with Gasteiger partial charge in [0.2, 0.25) is 5.91 Å². The zero-order chi connectivity index (χ0) is 15.5. The van der Waals surface area contributed by atoms with Crippen LogP contribution in [-0.4, -0.2) is 29.0 Å². The largest absolute Gasteiger partial charge is 0.357 e. The van der Waals surface area contributed by atoms with Crippen LogP contribution in [0, 0.1) is 12.8 Å². The van der Waals surface area contributed by atoms with Gasteiger partial charge in [0, 0.05) is 36.3 Å². The van der Waals surface area contributed by atoms with Gasteiger partial charge in [-0.25, -0.2) is 9.97 Å². The van der Waals surface area contributed by atoms with Crippen molar-refractivity contribution < 1.29 is 4.79 Å². The Morgan fingerprint density at radius 3 is 2.68 bits per heavy atom. The number of hydrogen-bond donors (Lipinski definition) is 1. The Bertz CT molecular complexity index is 650. The molecular formula is C15H17ClN4OS. The second kappa shape index (κ2) is 6.62. The third-order valence-corrected chi connectivity index (χ3v) is 4.80. The standard InChI is InChI=1S/C15H17ClN4OS/c1-10-8-18-15(22-10)19-14(21)11-4-6-20(7-5-11)13-3-2-12(16)9-17-13/h2-3,8-9,11H,4-7H2,1H3,(H,18,19,21). The fourth-order valence-corrected chi connectivity index (χ4v) is 3.33. The third kappa shape index (κ3) is 3.56. The van der Waals surface area contributed by atoms with Crippen LogP contribution in [0.15, 0.2) is 24.5 Å². The van der Waals surface area contributed by atoms with E-state index in [-0.39, 0.29) is 11.8 Å². The fraction of sp³-hybridized carbons (Fsp3) is 0.400. The molecule has 1 saturated heterocycles. The highest BCUT2D eigenvalue weighted by Gasteiger charge is 2.26. The lowest BCUT2D eigenvalue weighted by atomic mass is 9.96. The van der Waals surface area contributed by atoms with Crippen molar-refractivity contribution in [3.05, 3.63) is 34.4 Å². The quantitative estimate of drug-likeness (QED) is 0.933. The molecular weight excluding hydrogens is 320 g/mol. The number of thiazole rings is 1. The first-order valence-corrected chi connectivity index (χ1v) is 8.41. The average Bonchev–Trinajstić information content (AvgIpc) is 2.93. The summed E-state index contributed by atoms with van der Waals surface area (Å²) in [5, 5.41) is 4.23. The van der Waals surface area contributed by atoms with E-state index in [1.165, 1.54) is 11.3 Å². The molecule has 0 aliphatic carbocycles. The maximum Gasteiger partial charge on any atom is 0.229 e. The lowest BCUT2D eigenvalue weighted by molar-refractivity contribution is -0.120. The van der Waals surface area contributed by atoms with Crippen molar-refractivity contribution in [1.29, 1.82) is 0 Å². The number of nitrogens with one attached hydrogen (secondary N) is 1. The minimum absolute atomic E-state index is 0.0350. The SMILES string of the molecule is Cc1cnc(NC(=O)C2CCN(c3ccc(Cl)cn3)CC2)s1. The van der Waals surface area contributed by atoms with Crippen molar-refractivity contribution >= 4 is 39.8 Å². The first-order chi connectivity index (χ1) is 10.6. The number of halogens is 1. The number of aryl methyl sites for hydroxylation is 1. The van der Waals surface area contributed by atoms with Crippen LogP contribution < -0.4 is 10.2 Å². The van der Waals surface area contributed by atoms with E-state index >= 15 is 0 Å². The molecule has 1 aliphatic heterocycles. The monoisotopic (exact) mass is 336 g/mol. The summed E-state index contributed by atoms with van der Waals surface area (Å²) in [4.78, 5) is 24.1. The van der Waals surface area contributed by atoms with Crippen molar-refractivity contribution in [3.8, 4) is 0 Å². The number of carbonyl (C=O) groups excluding carboxylic acids is 1. The highest BCUT2D eigenvalue weighted by Crippen LogP contribution is 2.24. The van der Waals surface area contributed by atoms with Crippen LogP contribution in [-0.2, 0) is 4.79 Å². The number of pyridine rings is 1. The van der Waals surface area contributed by atoms with E-state index in [1.54, 1.807) is 12.4 Å². The zero-order valence-corrected chi connectivity index (χ0v) is 13.8. The number of aromatic nitrogens is 2. The van der Waals surface area contributed by atoms with Crippen molar-refractivity contribution in [3.63, 3.8) is 0 Å². The summed E-state index contributed by atoms with van der Waals surface area (Å²) >= 11 is 7.36. The van der Waals surface area contributed by atoms with E-state index in [4.69, 9.17) is 11.6 Å². The van der Waals surface area contributed by atoms with Crippen LogP contribution in [0.3, 0.4) is 0 Å². The molecule has 1 aliphatic rings. The Labute approximate surface area is 138 Å². The molecule has 0 aromatic carbocycles. The van der Waals surface area contributed by atoms with Crippen molar-refractivity contribution in [2.75, 3.05) is 23.3 Å². The molecule has 116 valence electrons. The summed E-state index contributed by atoms with van der Waals surface area (Å²) in [5.74, 6) is 1.02. The Balaban J connectivity index is 1.54. The van der Waals surface area contributed by atoms with Gasteiger partial charge in [-0.05, 0) is 31.9 Å². The summed E-state index contributed by atoms with van der Waals surface area (Å²) in [5.41, 5.74) is 0. The molecule has 2 aromatic rings. The lowest BCUT2D eigenvalue weighted by Gasteiger charge is -2.31. The smallest absolute Gasteiger partial charge is 0.229 e. The number of piperidine rings is 1. The van der Waals surface area contributed by atoms with Crippen molar-refractivity contribution in [2.45, 2.75) is 19.8 Å². The highest BCUT2D eigenvalue weighted by atomic mass is 35.5. The Morgan fingerprint density at radius 2 is 2.09 bits per heavy atom. The van der Waals surface area contributed by atoms with Crippen LogP contribution in [0.5, 0.6) is 0 Å². The summed E-state index contributed by atoms with van der Waals surface area (Å²) in [7, 11) is 0. The normalized spacial score (nSPS) is 15.8. The molecule has 0 radical (unpaired) electrons. The van der Waals surface area contributed by atoms with Gasteiger partial charge in [-0.1, -0.05) is 11.6 Å². The first kappa shape index (κ1) is 15.2. The van der Waals surface area contributed by atoms with Gasteiger partial charge >= 0.3 is 0 Å². The van der Waals surface area contributed by atoms with Gasteiger partial charge in [0.15, 0.2) is 5.13 Å². The summed E-state index contributed by atoms with van der Waals surface area (Å²) in [6.07, 6.45) is 5.07. The lowest BCUT2D eigenvalue weighted by Crippen LogP contribution is -2.38. The van der Waals surface area contributed by atoms with E-state index in [0.717, 1.165) is 36.6 Å². The van der Waals surface area contributed by atoms with Crippen LogP contribution in [0.1, 0.15) is 17.7 Å². The molecule has 1 N–H and O–H groups in total. The number of amides is 1. The van der Waals surface area contributed by atoms with Gasteiger partial charge in [0.05, 0.1) is 5.02 Å². The summed E-state index contributed by atoms with van der Waals surface area (Å²) < 4.78 is 0. The van der Waals surface area contributed by atoms with Gasteiger partial charge in [0.25, 0.3) is 0 Å². The molecule has 0 atom stereocenters. The molecule has 0 unspecified atom stereocenters. The maximum absolute atomic E-state index is 12.3. The van der Waals surface area contributed by atoms with Crippen LogP contribution in [0.25, 0.3) is 0 Å². The average molecular weight is 337 g/mol. The van der Waals surface area contributed by atoms with E-state index in [9.17, 15) is 4.79 Å². The van der Waals surface area contributed by atoms with Gasteiger partial charge in [-0.3, -0.25) is 4.79 Å².